The molecule has 0 spiro atoms. The Morgan fingerprint density at radius 3 is 2.20 bits per heavy atom. The molecule has 104 valence electrons. The van der Waals surface area contributed by atoms with Gasteiger partial charge in [0.1, 0.15) is 0 Å². The van der Waals surface area contributed by atoms with Crippen LogP contribution in [0.4, 0.5) is 5.69 Å². The molecule has 0 aliphatic rings. The first-order valence-electron chi connectivity index (χ1n) is 6.88. The van der Waals surface area contributed by atoms with Crippen LogP contribution >= 0.6 is 0 Å². The van der Waals surface area contributed by atoms with Crippen LogP contribution in [0.25, 0.3) is 0 Å². The highest BCUT2D eigenvalue weighted by Crippen LogP contribution is 2.16. The molecule has 0 unspecified atom stereocenters. The number of carbonyl (C=O) groups is 1. The zero-order valence-electron chi connectivity index (χ0n) is 11.8. The average Bonchev–Trinajstić information content (AvgIpc) is 2.49. The molecule has 0 heterocycles. The topological polar surface area (TPSA) is 46.3 Å². The molecule has 2 N–H and O–H groups in total. The number of nitrogens with zero attached hydrogens (tertiary/aromatic N) is 1. The quantitative estimate of drug-likeness (QED) is 0.906. The summed E-state index contributed by atoms with van der Waals surface area (Å²) < 4.78 is 0. The lowest BCUT2D eigenvalue weighted by Crippen LogP contribution is -2.31. The molecule has 3 heteroatoms. The van der Waals surface area contributed by atoms with Crippen molar-refractivity contribution in [2.24, 2.45) is 5.73 Å². The molecule has 2 rings (SSSR count). The molecule has 0 bridgehead atoms. The number of carbonyl (C=O) groups excluding carboxylic acids is 1. The van der Waals surface area contributed by atoms with Gasteiger partial charge in [0, 0.05) is 18.8 Å². The standard InChI is InChI=1S/C17H20N2O/c1-2-19(16-10-8-15(13-18)9-11-16)17(20)12-14-6-4-3-5-7-14/h3-11H,2,12-13,18H2,1H3. The molecule has 20 heavy (non-hydrogen) atoms. The highest BCUT2D eigenvalue weighted by molar-refractivity contribution is 5.94. The second kappa shape index (κ2) is 6.87. The molecular weight excluding hydrogens is 248 g/mol. The maximum Gasteiger partial charge on any atom is 0.231 e. The van der Waals surface area contributed by atoms with Crippen molar-refractivity contribution in [2.45, 2.75) is 19.9 Å². The predicted octanol–water partition coefficient (Wildman–Crippen LogP) is 2.74. The van der Waals surface area contributed by atoms with Gasteiger partial charge in [0.15, 0.2) is 0 Å². The molecule has 0 radical (unpaired) electrons. The van der Waals surface area contributed by atoms with Crippen molar-refractivity contribution in [1.29, 1.82) is 0 Å². The fourth-order valence-corrected chi connectivity index (χ4v) is 2.18. The first-order chi connectivity index (χ1) is 9.74. The Hall–Kier alpha value is -2.13. The Labute approximate surface area is 120 Å². The summed E-state index contributed by atoms with van der Waals surface area (Å²) in [6.45, 7) is 3.16. The minimum atomic E-state index is 0.110. The minimum absolute atomic E-state index is 0.110. The van der Waals surface area contributed by atoms with Crippen LogP contribution in [0.3, 0.4) is 0 Å². The first kappa shape index (κ1) is 14.3. The van der Waals surface area contributed by atoms with E-state index in [0.29, 0.717) is 19.5 Å². The van der Waals surface area contributed by atoms with Gasteiger partial charge in [-0.05, 0) is 30.2 Å². The van der Waals surface area contributed by atoms with Crippen LogP contribution in [0.2, 0.25) is 0 Å². The molecular formula is C17H20N2O. The Morgan fingerprint density at radius 1 is 1.00 bits per heavy atom. The van der Waals surface area contributed by atoms with Crippen LogP contribution in [0, 0.1) is 0 Å². The number of likely N-dealkylation sites (N-methyl/N-ethyl adjacent to an activating group) is 1. The lowest BCUT2D eigenvalue weighted by molar-refractivity contribution is -0.117. The third kappa shape index (κ3) is 3.45. The number of anilines is 1. The van der Waals surface area contributed by atoms with Crippen molar-refractivity contribution < 1.29 is 4.79 Å². The molecule has 3 nitrogen and oxygen atoms in total. The Balaban J connectivity index is 2.12. The van der Waals surface area contributed by atoms with E-state index in [-0.39, 0.29) is 5.91 Å². The van der Waals surface area contributed by atoms with E-state index in [2.05, 4.69) is 0 Å². The first-order valence-corrected chi connectivity index (χ1v) is 6.88. The van der Waals surface area contributed by atoms with Crippen molar-refractivity contribution in [2.75, 3.05) is 11.4 Å². The van der Waals surface area contributed by atoms with Crippen LogP contribution < -0.4 is 10.6 Å². The smallest absolute Gasteiger partial charge is 0.231 e. The Kier molecular flexibility index (Phi) is 4.91. The second-order valence-electron chi connectivity index (χ2n) is 4.67. The largest absolute Gasteiger partial charge is 0.326 e. The third-order valence-corrected chi connectivity index (χ3v) is 3.30. The second-order valence-corrected chi connectivity index (χ2v) is 4.67. The van der Waals surface area contributed by atoms with Crippen LogP contribution in [0.15, 0.2) is 54.6 Å². The third-order valence-electron chi connectivity index (χ3n) is 3.30. The van der Waals surface area contributed by atoms with E-state index >= 15 is 0 Å². The van der Waals surface area contributed by atoms with Crippen LogP contribution in [0.5, 0.6) is 0 Å². The molecule has 0 atom stereocenters. The molecule has 0 aliphatic carbocycles. The Morgan fingerprint density at radius 2 is 1.65 bits per heavy atom. The summed E-state index contributed by atoms with van der Waals surface area (Å²) in [5.74, 6) is 0.110. The van der Waals surface area contributed by atoms with Crippen LogP contribution in [0.1, 0.15) is 18.1 Å². The summed E-state index contributed by atoms with van der Waals surface area (Å²) in [6, 6.07) is 17.7. The number of amides is 1. The molecule has 0 aliphatic heterocycles. The number of benzene rings is 2. The van der Waals surface area contributed by atoms with Crippen molar-refractivity contribution in [3.63, 3.8) is 0 Å². The molecule has 2 aromatic rings. The maximum atomic E-state index is 12.4. The normalized spacial score (nSPS) is 10.3. The number of hydrogen-bond donors (Lipinski definition) is 1. The van der Waals surface area contributed by atoms with Gasteiger partial charge in [0.2, 0.25) is 5.91 Å². The van der Waals surface area contributed by atoms with Gasteiger partial charge in [-0.1, -0.05) is 42.5 Å². The maximum absolute atomic E-state index is 12.4. The lowest BCUT2D eigenvalue weighted by Gasteiger charge is -2.21. The van der Waals surface area contributed by atoms with E-state index in [1.807, 2.05) is 61.5 Å². The van der Waals surface area contributed by atoms with Crippen molar-refractivity contribution in [3.05, 3.63) is 65.7 Å². The van der Waals surface area contributed by atoms with Gasteiger partial charge < -0.3 is 10.6 Å². The minimum Gasteiger partial charge on any atom is -0.326 e. The molecule has 0 saturated heterocycles. The molecule has 0 fully saturated rings. The van der Waals surface area contributed by atoms with E-state index < -0.39 is 0 Å². The SMILES string of the molecule is CCN(C(=O)Cc1ccccc1)c1ccc(CN)cc1. The van der Waals surface area contributed by atoms with Crippen molar-refractivity contribution >= 4 is 11.6 Å². The van der Waals surface area contributed by atoms with E-state index in [4.69, 9.17) is 5.73 Å². The molecule has 0 saturated carbocycles. The molecule has 1 amide bonds. The van der Waals surface area contributed by atoms with Gasteiger partial charge >= 0.3 is 0 Å². The molecule has 2 aromatic carbocycles. The van der Waals surface area contributed by atoms with E-state index in [1.165, 1.54) is 0 Å². The molecule has 0 aromatic heterocycles. The number of rotatable bonds is 5. The average molecular weight is 268 g/mol. The van der Waals surface area contributed by atoms with Gasteiger partial charge in [-0.15, -0.1) is 0 Å². The zero-order valence-corrected chi connectivity index (χ0v) is 11.8. The van der Waals surface area contributed by atoms with Gasteiger partial charge in [-0.25, -0.2) is 0 Å². The monoisotopic (exact) mass is 268 g/mol. The van der Waals surface area contributed by atoms with Gasteiger partial charge in [0.25, 0.3) is 0 Å². The fourth-order valence-electron chi connectivity index (χ4n) is 2.18. The summed E-state index contributed by atoms with van der Waals surface area (Å²) in [5, 5.41) is 0. The zero-order chi connectivity index (χ0) is 14.4. The van der Waals surface area contributed by atoms with Gasteiger partial charge in [-0.2, -0.15) is 0 Å². The van der Waals surface area contributed by atoms with Crippen molar-refractivity contribution in [1.82, 2.24) is 0 Å². The van der Waals surface area contributed by atoms with Gasteiger partial charge in [-0.3, -0.25) is 4.79 Å². The highest BCUT2D eigenvalue weighted by atomic mass is 16.2. The van der Waals surface area contributed by atoms with E-state index in [9.17, 15) is 4.79 Å². The summed E-state index contributed by atoms with van der Waals surface area (Å²) >= 11 is 0. The summed E-state index contributed by atoms with van der Waals surface area (Å²) in [5.41, 5.74) is 8.62. The summed E-state index contributed by atoms with van der Waals surface area (Å²) in [7, 11) is 0. The lowest BCUT2D eigenvalue weighted by atomic mass is 10.1. The van der Waals surface area contributed by atoms with Crippen LogP contribution in [-0.4, -0.2) is 12.5 Å². The summed E-state index contributed by atoms with van der Waals surface area (Å²) in [4.78, 5) is 14.2. The number of nitrogens with two attached hydrogens (primary N) is 1. The van der Waals surface area contributed by atoms with E-state index in [1.54, 1.807) is 4.90 Å². The summed E-state index contributed by atoms with van der Waals surface area (Å²) in [6.07, 6.45) is 0.424. The van der Waals surface area contributed by atoms with Gasteiger partial charge in [0.05, 0.1) is 6.42 Å². The fraction of sp³-hybridized carbons (Fsp3) is 0.235. The van der Waals surface area contributed by atoms with E-state index in [0.717, 1.165) is 16.8 Å². The highest BCUT2D eigenvalue weighted by Gasteiger charge is 2.14. The Bertz CT molecular complexity index is 549. The van der Waals surface area contributed by atoms with Crippen molar-refractivity contribution in [3.8, 4) is 0 Å². The van der Waals surface area contributed by atoms with Crippen LogP contribution in [-0.2, 0) is 17.8 Å². The number of hydrogen-bond acceptors (Lipinski definition) is 2. The predicted molar refractivity (Wildman–Crippen MR) is 82.5 cm³/mol.